The fourth-order valence-electron chi connectivity index (χ4n) is 1.47. The van der Waals surface area contributed by atoms with Crippen LogP contribution in [-0.4, -0.2) is 82.0 Å². The Morgan fingerprint density at radius 3 is 1.58 bits per heavy atom. The average molecular weight is 484 g/mol. The molecule has 0 spiro atoms. The van der Waals surface area contributed by atoms with Gasteiger partial charge in [-0.1, -0.05) is 19.8 Å². The fraction of sp³-hybridized carbons (Fsp3) is 0.722. The molecule has 16 N–H and O–H groups in total. The van der Waals surface area contributed by atoms with Crippen molar-refractivity contribution in [3.63, 3.8) is 0 Å². The Hall–Kier alpha value is -3.01. The van der Waals surface area contributed by atoms with Gasteiger partial charge < -0.3 is 54.4 Å². The summed E-state index contributed by atoms with van der Waals surface area (Å²) < 4.78 is 0. The first-order valence-electron chi connectivity index (χ1n) is 10.1. The summed E-state index contributed by atoms with van der Waals surface area (Å²) in [6.07, 6.45) is 4.50. The number of nitrogens with one attached hydrogen (secondary N) is 2. The third-order valence-electron chi connectivity index (χ3n) is 3.29. The molecule has 15 nitrogen and oxygen atoms in total. The van der Waals surface area contributed by atoms with Crippen molar-refractivity contribution in [3.05, 3.63) is 0 Å². The van der Waals surface area contributed by atoms with Crippen LogP contribution >= 0.6 is 0 Å². The van der Waals surface area contributed by atoms with Gasteiger partial charge in [0.15, 0.2) is 5.96 Å². The first-order valence-corrected chi connectivity index (χ1v) is 10.1. The van der Waals surface area contributed by atoms with Crippen LogP contribution in [0.15, 0.2) is 0 Å². The quantitative estimate of drug-likeness (QED) is 0.0773. The van der Waals surface area contributed by atoms with Crippen molar-refractivity contribution in [1.82, 2.24) is 5.32 Å². The molecular weight excluding hydrogens is 442 g/mol. The van der Waals surface area contributed by atoms with Gasteiger partial charge in [-0.05, 0) is 32.2 Å². The van der Waals surface area contributed by atoms with Gasteiger partial charge in [0.2, 0.25) is 0 Å². The smallest absolute Gasteiger partial charge is 0.320 e. The summed E-state index contributed by atoms with van der Waals surface area (Å²) in [7, 11) is 0. The van der Waals surface area contributed by atoms with Crippen LogP contribution in [0.4, 0.5) is 0 Å². The number of unbranched alkanes of at least 4 members (excludes halogenated alkanes) is 2. The van der Waals surface area contributed by atoms with Gasteiger partial charge >= 0.3 is 23.9 Å². The Kier molecular flexibility index (Phi) is 30.6. The highest BCUT2D eigenvalue weighted by atomic mass is 16.4. The lowest BCUT2D eigenvalue weighted by Crippen LogP contribution is -2.34. The number of carboxylic acids is 4. The lowest BCUT2D eigenvalue weighted by molar-refractivity contribution is -0.140. The molecule has 196 valence electrons. The number of nitrogens with two attached hydrogens (primary N) is 5. The number of rotatable bonds is 13. The molecule has 0 fully saturated rings. The molecule has 0 amide bonds. The number of hydrogen-bond donors (Lipinski definition) is 11. The first-order chi connectivity index (χ1) is 15.3. The lowest BCUT2D eigenvalue weighted by atomic mass is 10.2. The Bertz CT molecular complexity index is 546. The Balaban J connectivity index is -0.000000180. The summed E-state index contributed by atoms with van der Waals surface area (Å²) in [5.74, 6) is -4.28. The van der Waals surface area contributed by atoms with E-state index < -0.39 is 36.0 Å². The molecule has 0 rings (SSSR count). The van der Waals surface area contributed by atoms with Crippen molar-refractivity contribution in [2.24, 2.45) is 28.7 Å². The standard InChI is InChI=1S/C6H14N4O2.C5H9NO4.C5H13N.C2H5NO2/c7-4(5(11)12)2-1-3-10-6(8)9;6-3(5(9)10)1-2-4(7)8;1-2-3-4-5-6;3-1-2(4)5/h4H,1-3,7H2,(H,11,12)(H4,8,9,10);3H,1-2,6H2,(H,7,8)(H,9,10);2-6H2,1H3;1,3H2,(H,4,5). The number of aliphatic carboxylic acids is 4. The molecular formula is C18H41N7O8. The van der Waals surface area contributed by atoms with E-state index >= 15 is 0 Å². The summed E-state index contributed by atoms with van der Waals surface area (Å²) in [5, 5.41) is 41.6. The third-order valence-corrected chi connectivity index (χ3v) is 3.29. The van der Waals surface area contributed by atoms with E-state index in [9.17, 15) is 19.2 Å². The number of guanidine groups is 1. The van der Waals surface area contributed by atoms with E-state index in [0.717, 1.165) is 6.54 Å². The second-order valence-electron chi connectivity index (χ2n) is 6.40. The van der Waals surface area contributed by atoms with Crippen LogP contribution in [0.3, 0.4) is 0 Å². The first kappa shape index (κ1) is 37.3. The molecule has 0 aromatic rings. The van der Waals surface area contributed by atoms with Crippen molar-refractivity contribution in [2.75, 3.05) is 19.6 Å². The van der Waals surface area contributed by atoms with Crippen molar-refractivity contribution in [2.45, 2.75) is 64.0 Å². The van der Waals surface area contributed by atoms with E-state index in [1.807, 2.05) is 0 Å². The van der Waals surface area contributed by atoms with Gasteiger partial charge in [-0.3, -0.25) is 24.6 Å². The second-order valence-corrected chi connectivity index (χ2v) is 6.40. The van der Waals surface area contributed by atoms with Gasteiger partial charge in [-0.2, -0.15) is 0 Å². The largest absolute Gasteiger partial charge is 0.481 e. The molecule has 15 heteroatoms. The normalized spacial score (nSPS) is 10.9. The van der Waals surface area contributed by atoms with Gasteiger partial charge in [0.25, 0.3) is 0 Å². The zero-order valence-electron chi connectivity index (χ0n) is 19.0. The van der Waals surface area contributed by atoms with E-state index in [0.29, 0.717) is 19.4 Å². The SMILES string of the molecule is CCCCCN.N=C(N)NCCCC(N)C(=O)O.NC(CCC(=O)O)C(=O)O.NCC(=O)O. The summed E-state index contributed by atoms with van der Waals surface area (Å²) in [6, 6.07) is -1.88. The molecule has 0 aromatic carbocycles. The van der Waals surface area contributed by atoms with Crippen LogP contribution in [-0.2, 0) is 19.2 Å². The fourth-order valence-corrected chi connectivity index (χ4v) is 1.47. The zero-order valence-corrected chi connectivity index (χ0v) is 19.0. The molecule has 0 aliphatic heterocycles. The molecule has 33 heavy (non-hydrogen) atoms. The van der Waals surface area contributed by atoms with Crippen LogP contribution in [0, 0.1) is 5.41 Å². The molecule has 0 aromatic heterocycles. The maximum atomic E-state index is 10.2. The van der Waals surface area contributed by atoms with Gasteiger partial charge in [0, 0.05) is 13.0 Å². The minimum Gasteiger partial charge on any atom is -0.481 e. The van der Waals surface area contributed by atoms with Gasteiger partial charge in [-0.25, -0.2) is 0 Å². The van der Waals surface area contributed by atoms with E-state index in [2.05, 4.69) is 18.0 Å². The molecule has 2 unspecified atom stereocenters. The topological polar surface area (TPSA) is 315 Å². The van der Waals surface area contributed by atoms with Gasteiger partial charge in [0.05, 0.1) is 6.54 Å². The van der Waals surface area contributed by atoms with Crippen molar-refractivity contribution in [1.29, 1.82) is 5.41 Å². The van der Waals surface area contributed by atoms with Crippen LogP contribution in [0.5, 0.6) is 0 Å². The monoisotopic (exact) mass is 483 g/mol. The van der Waals surface area contributed by atoms with Crippen molar-refractivity contribution < 1.29 is 39.6 Å². The van der Waals surface area contributed by atoms with E-state index in [1.54, 1.807) is 0 Å². The summed E-state index contributed by atoms with van der Waals surface area (Å²) >= 11 is 0. The number of carbonyl (C=O) groups is 4. The predicted octanol–water partition coefficient (Wildman–Crippen LogP) is -1.91. The highest BCUT2D eigenvalue weighted by Gasteiger charge is 2.12. The molecule has 2 atom stereocenters. The Morgan fingerprint density at radius 1 is 0.848 bits per heavy atom. The van der Waals surface area contributed by atoms with Gasteiger partial charge in [0.1, 0.15) is 12.1 Å². The van der Waals surface area contributed by atoms with Crippen LogP contribution in [0.2, 0.25) is 0 Å². The maximum Gasteiger partial charge on any atom is 0.320 e. The molecule has 0 bridgehead atoms. The minimum absolute atomic E-state index is 0.0231. The highest BCUT2D eigenvalue weighted by Crippen LogP contribution is 1.93. The third kappa shape index (κ3) is 43.7. The number of carboxylic acid groups (broad SMARTS) is 4. The average Bonchev–Trinajstić information content (AvgIpc) is 2.74. The minimum atomic E-state index is -1.17. The second kappa shape index (κ2) is 27.0. The van der Waals surface area contributed by atoms with Crippen molar-refractivity contribution in [3.8, 4) is 0 Å². The maximum absolute atomic E-state index is 10.2. The van der Waals surface area contributed by atoms with E-state index in [4.69, 9.17) is 48.8 Å². The molecule has 0 saturated carbocycles. The molecule has 0 aliphatic rings. The van der Waals surface area contributed by atoms with Crippen molar-refractivity contribution >= 4 is 29.8 Å². The lowest BCUT2D eigenvalue weighted by Gasteiger charge is -2.06. The molecule has 0 radical (unpaired) electrons. The van der Waals surface area contributed by atoms with Crippen LogP contribution in [0.1, 0.15) is 51.9 Å². The van der Waals surface area contributed by atoms with Gasteiger partial charge in [-0.15, -0.1) is 0 Å². The molecule has 0 saturated heterocycles. The molecule has 0 aliphatic carbocycles. The zero-order chi connectivity index (χ0) is 26.8. The molecule has 0 heterocycles. The van der Waals surface area contributed by atoms with E-state index in [-0.39, 0.29) is 25.3 Å². The Labute approximate surface area is 193 Å². The van der Waals surface area contributed by atoms with E-state index in [1.165, 1.54) is 19.3 Å². The predicted molar refractivity (Wildman–Crippen MR) is 123 cm³/mol. The number of hydrogen-bond acceptors (Lipinski definition) is 9. The van der Waals surface area contributed by atoms with Crippen LogP contribution in [0.25, 0.3) is 0 Å². The summed E-state index contributed by atoms with van der Waals surface area (Å²) in [6.45, 7) is 3.24. The summed E-state index contributed by atoms with van der Waals surface area (Å²) in [4.78, 5) is 39.3. The Morgan fingerprint density at radius 2 is 1.30 bits per heavy atom. The highest BCUT2D eigenvalue weighted by molar-refractivity contribution is 5.75. The summed E-state index contributed by atoms with van der Waals surface area (Å²) in [5.41, 5.74) is 25.0. The van der Waals surface area contributed by atoms with Crippen LogP contribution < -0.4 is 34.0 Å².